The van der Waals surface area contributed by atoms with Crippen molar-refractivity contribution in [2.75, 3.05) is 85.6 Å². The summed E-state index contributed by atoms with van der Waals surface area (Å²) in [7, 11) is 0. The van der Waals surface area contributed by atoms with Crippen LogP contribution in [-0.2, 0) is 42.9 Å². The minimum absolute atomic E-state index is 0.0271. The zero-order valence-corrected chi connectivity index (χ0v) is 32.9. The van der Waals surface area contributed by atoms with E-state index >= 15 is 0 Å². The van der Waals surface area contributed by atoms with E-state index in [0.29, 0.717) is 77.5 Å². The molecule has 0 saturated carbocycles. The predicted octanol–water partition coefficient (Wildman–Crippen LogP) is 1.79. The zero-order chi connectivity index (χ0) is 43.0. The maximum absolute atomic E-state index is 13.6. The molecule has 332 valence electrons. The number of nitrogens with one attached hydrogen (secondary N) is 4. The molecule has 0 bridgehead atoms. The number of amides is 4. The van der Waals surface area contributed by atoms with Gasteiger partial charge < -0.3 is 56.4 Å². The van der Waals surface area contributed by atoms with Gasteiger partial charge in [-0.25, -0.2) is 13.2 Å². The van der Waals surface area contributed by atoms with Crippen molar-refractivity contribution in [3.63, 3.8) is 0 Å². The first-order valence-electron chi connectivity index (χ1n) is 19.5. The largest absolute Gasteiger partial charge is 0.420 e. The quantitative estimate of drug-likeness (QED) is 0.0144. The van der Waals surface area contributed by atoms with Crippen LogP contribution in [-0.4, -0.2) is 121 Å². The van der Waals surface area contributed by atoms with Gasteiger partial charge in [0.15, 0.2) is 0 Å². The molecule has 8 N–H and O–H groups in total. The zero-order valence-electron chi connectivity index (χ0n) is 32.9. The number of esters is 1. The minimum Gasteiger partial charge on any atom is -0.420 e. The first-order chi connectivity index (χ1) is 27.9. The third-order valence-corrected chi connectivity index (χ3v) is 8.01. The molecule has 0 unspecified atom stereocenters. The highest BCUT2D eigenvalue weighted by Crippen LogP contribution is 2.29. The lowest BCUT2D eigenvalue weighted by Gasteiger charge is -2.19. The number of carbonyl (C=O) groups is 5. The van der Waals surface area contributed by atoms with E-state index in [-0.39, 0.29) is 89.4 Å². The number of unbranched alkanes of at least 4 members (excludes halogenated alkanes) is 3. The number of carbonyl (C=O) groups excluding carboxylic acids is 5. The van der Waals surface area contributed by atoms with E-state index in [4.69, 9.17) is 30.4 Å². The standard InChI is InChI=1S/C37H59F5N6O10/c38-31-32(39)34(41)36(35(42)33(31)40)58-30(52)12-18-54-20-22-56-24-25-57-23-21-55-19-17-47-37(53)26(8-3-6-15-45-27(49)9-1-4-13-43)48-29(51)11-7-16-46-28(50)10-2-5-14-44/h26H,1-25,43-44H2,(H,45,49)(H,46,50)(H,47,53)(H,48,51)/t26-/m0/s1. The Morgan fingerprint density at radius 2 is 0.948 bits per heavy atom. The second-order valence-corrected chi connectivity index (χ2v) is 12.8. The highest BCUT2D eigenvalue weighted by Gasteiger charge is 2.28. The molecule has 1 aromatic carbocycles. The lowest BCUT2D eigenvalue weighted by molar-refractivity contribution is -0.136. The topological polar surface area (TPSA) is 232 Å². The van der Waals surface area contributed by atoms with Crippen LogP contribution in [0.4, 0.5) is 22.0 Å². The van der Waals surface area contributed by atoms with E-state index in [1.165, 1.54) is 0 Å². The molecule has 0 saturated heterocycles. The summed E-state index contributed by atoms with van der Waals surface area (Å²) in [5, 5.41) is 11.1. The second kappa shape index (κ2) is 32.9. The van der Waals surface area contributed by atoms with Gasteiger partial charge in [-0.15, -0.1) is 0 Å². The molecule has 0 spiro atoms. The lowest BCUT2D eigenvalue weighted by atomic mass is 10.1. The van der Waals surface area contributed by atoms with Gasteiger partial charge in [0, 0.05) is 38.9 Å². The summed E-state index contributed by atoms with van der Waals surface area (Å²) >= 11 is 0. The molecule has 1 atom stereocenters. The molecule has 0 aliphatic rings. The van der Waals surface area contributed by atoms with Gasteiger partial charge in [-0.2, -0.15) is 8.78 Å². The third kappa shape index (κ3) is 24.0. The van der Waals surface area contributed by atoms with Gasteiger partial charge in [-0.1, -0.05) is 0 Å². The Morgan fingerprint density at radius 3 is 1.48 bits per heavy atom. The summed E-state index contributed by atoms with van der Waals surface area (Å²) in [6.45, 7) is 2.91. The van der Waals surface area contributed by atoms with Crippen LogP contribution < -0.4 is 37.5 Å². The van der Waals surface area contributed by atoms with Gasteiger partial charge in [0.05, 0.1) is 59.3 Å². The van der Waals surface area contributed by atoms with Crippen LogP contribution in [0.2, 0.25) is 0 Å². The van der Waals surface area contributed by atoms with E-state index in [2.05, 4.69) is 26.0 Å². The summed E-state index contributed by atoms with van der Waals surface area (Å²) in [5.41, 5.74) is 10.9. The van der Waals surface area contributed by atoms with Crippen molar-refractivity contribution in [2.24, 2.45) is 11.5 Å². The summed E-state index contributed by atoms with van der Waals surface area (Å²) in [6.07, 6.45) is 5.25. The van der Waals surface area contributed by atoms with Crippen molar-refractivity contribution in [3.05, 3.63) is 29.1 Å². The van der Waals surface area contributed by atoms with Gasteiger partial charge in [0.25, 0.3) is 0 Å². The SMILES string of the molecule is NCCCCC(=O)NCCCC[C@H](NC(=O)CCCNC(=O)CCCCN)C(=O)NCCOCCOCCOCCOCCC(=O)Oc1c(F)c(F)c(F)c(F)c1F. The second-order valence-electron chi connectivity index (χ2n) is 12.8. The van der Waals surface area contributed by atoms with Gasteiger partial charge in [0.2, 0.25) is 58.5 Å². The Bertz CT molecular complexity index is 1360. The van der Waals surface area contributed by atoms with Crippen molar-refractivity contribution in [1.29, 1.82) is 0 Å². The average Bonchev–Trinajstić information content (AvgIpc) is 3.20. The molecule has 0 aliphatic heterocycles. The fraction of sp³-hybridized carbons (Fsp3) is 0.703. The van der Waals surface area contributed by atoms with E-state index in [1.54, 1.807) is 0 Å². The van der Waals surface area contributed by atoms with E-state index < -0.39 is 53.3 Å². The molecule has 1 aromatic rings. The Morgan fingerprint density at radius 1 is 0.483 bits per heavy atom. The molecular weight excluding hydrogens is 783 g/mol. The number of nitrogens with two attached hydrogens (primary N) is 2. The maximum atomic E-state index is 13.6. The number of hydrogen-bond donors (Lipinski definition) is 6. The van der Waals surface area contributed by atoms with Crippen LogP contribution in [0.15, 0.2) is 0 Å². The summed E-state index contributed by atoms with van der Waals surface area (Å²) in [5.74, 6) is -15.2. The van der Waals surface area contributed by atoms with Crippen molar-refractivity contribution in [2.45, 2.75) is 83.1 Å². The van der Waals surface area contributed by atoms with Crippen molar-refractivity contribution in [3.8, 4) is 5.75 Å². The first-order valence-corrected chi connectivity index (χ1v) is 19.5. The van der Waals surface area contributed by atoms with Gasteiger partial charge in [-0.3, -0.25) is 24.0 Å². The number of rotatable bonds is 35. The number of hydrogen-bond acceptors (Lipinski definition) is 12. The molecule has 0 fully saturated rings. The van der Waals surface area contributed by atoms with Crippen LogP contribution in [0.5, 0.6) is 5.75 Å². The Kier molecular flexibility index (Phi) is 29.5. The molecule has 0 aromatic heterocycles. The molecule has 21 heteroatoms. The van der Waals surface area contributed by atoms with Gasteiger partial charge >= 0.3 is 5.97 Å². The minimum atomic E-state index is -2.37. The summed E-state index contributed by atoms with van der Waals surface area (Å²) in [6, 6.07) is -0.798. The average molecular weight is 843 g/mol. The van der Waals surface area contributed by atoms with E-state index in [1.807, 2.05) is 0 Å². The number of ether oxygens (including phenoxy) is 5. The van der Waals surface area contributed by atoms with Crippen molar-refractivity contribution in [1.82, 2.24) is 21.3 Å². The van der Waals surface area contributed by atoms with Crippen molar-refractivity contribution >= 4 is 29.6 Å². The monoisotopic (exact) mass is 842 g/mol. The highest BCUT2D eigenvalue weighted by atomic mass is 19.2. The van der Waals surface area contributed by atoms with Crippen LogP contribution in [0.25, 0.3) is 0 Å². The van der Waals surface area contributed by atoms with E-state index in [0.717, 1.165) is 12.8 Å². The molecule has 16 nitrogen and oxygen atoms in total. The molecule has 0 heterocycles. The Hall–Kier alpha value is -4.02. The number of halogens is 5. The predicted molar refractivity (Wildman–Crippen MR) is 200 cm³/mol. The first kappa shape index (κ1) is 52.0. The molecule has 0 aliphatic carbocycles. The highest BCUT2D eigenvalue weighted by molar-refractivity contribution is 5.87. The normalized spacial score (nSPS) is 11.6. The smallest absolute Gasteiger partial charge is 0.313 e. The lowest BCUT2D eigenvalue weighted by Crippen LogP contribution is -2.47. The molecule has 0 radical (unpaired) electrons. The summed E-state index contributed by atoms with van der Waals surface area (Å²) in [4.78, 5) is 61.1. The maximum Gasteiger partial charge on any atom is 0.313 e. The Labute approximate surface area is 335 Å². The van der Waals surface area contributed by atoms with E-state index in [9.17, 15) is 45.9 Å². The molecular formula is C37H59F5N6O10. The summed E-state index contributed by atoms with van der Waals surface area (Å²) < 4.78 is 92.3. The van der Waals surface area contributed by atoms with Crippen LogP contribution in [0.1, 0.15) is 77.0 Å². The fourth-order valence-corrected chi connectivity index (χ4v) is 4.88. The van der Waals surface area contributed by atoms with Gasteiger partial charge in [0.1, 0.15) is 6.04 Å². The van der Waals surface area contributed by atoms with Crippen LogP contribution >= 0.6 is 0 Å². The number of benzene rings is 1. The Balaban J connectivity index is 2.23. The molecule has 58 heavy (non-hydrogen) atoms. The molecule has 4 amide bonds. The van der Waals surface area contributed by atoms with Crippen molar-refractivity contribution < 1.29 is 69.6 Å². The molecule has 1 rings (SSSR count). The third-order valence-electron chi connectivity index (χ3n) is 8.01. The van der Waals surface area contributed by atoms with Crippen LogP contribution in [0.3, 0.4) is 0 Å². The fourth-order valence-electron chi connectivity index (χ4n) is 4.88. The van der Waals surface area contributed by atoms with Gasteiger partial charge in [-0.05, 0) is 64.5 Å². The van der Waals surface area contributed by atoms with Crippen LogP contribution in [0, 0.1) is 29.1 Å².